The summed E-state index contributed by atoms with van der Waals surface area (Å²) in [6.45, 7) is 0. The molecular formula is C46H28N6. The van der Waals surface area contributed by atoms with E-state index in [9.17, 15) is 5.26 Å². The minimum absolute atomic E-state index is 0.463. The molecule has 10 aromatic rings. The molecule has 0 atom stereocenters. The van der Waals surface area contributed by atoms with Crippen LogP contribution in [0.4, 0.5) is 0 Å². The second-order valence-electron chi connectivity index (χ2n) is 12.8. The first-order valence-electron chi connectivity index (χ1n) is 17.2. The molecule has 52 heavy (non-hydrogen) atoms. The van der Waals surface area contributed by atoms with Crippen LogP contribution in [0, 0.1) is 11.3 Å². The molecule has 0 aliphatic heterocycles. The Morgan fingerprint density at radius 2 is 0.962 bits per heavy atom. The lowest BCUT2D eigenvalue weighted by atomic mass is 10.1. The number of hydrogen-bond acceptors (Lipinski definition) is 4. The van der Waals surface area contributed by atoms with Gasteiger partial charge in [-0.15, -0.1) is 0 Å². The van der Waals surface area contributed by atoms with Crippen LogP contribution in [0.3, 0.4) is 0 Å². The maximum Gasteiger partial charge on any atom is 0.165 e. The van der Waals surface area contributed by atoms with E-state index in [1.165, 1.54) is 32.6 Å². The van der Waals surface area contributed by atoms with Crippen LogP contribution in [-0.2, 0) is 0 Å². The molecule has 0 radical (unpaired) electrons. The fourth-order valence-electron chi connectivity index (χ4n) is 7.51. The van der Waals surface area contributed by atoms with Gasteiger partial charge < -0.3 is 9.13 Å². The molecule has 0 saturated heterocycles. The Kier molecular flexibility index (Phi) is 6.76. The molecule has 0 bridgehead atoms. The highest BCUT2D eigenvalue weighted by Gasteiger charge is 2.21. The summed E-state index contributed by atoms with van der Waals surface area (Å²) < 4.78 is 4.75. The van der Waals surface area contributed by atoms with Crippen molar-refractivity contribution in [2.45, 2.75) is 0 Å². The zero-order valence-corrected chi connectivity index (χ0v) is 27.8. The van der Waals surface area contributed by atoms with Crippen LogP contribution >= 0.6 is 0 Å². The summed E-state index contributed by atoms with van der Waals surface area (Å²) in [5.41, 5.74) is 9.70. The fourth-order valence-corrected chi connectivity index (χ4v) is 7.51. The average Bonchev–Trinajstić information content (AvgIpc) is 3.74. The van der Waals surface area contributed by atoms with Gasteiger partial charge >= 0.3 is 0 Å². The maximum absolute atomic E-state index is 9.88. The van der Waals surface area contributed by atoms with Crippen LogP contribution in [0.5, 0.6) is 0 Å². The molecule has 242 valence electrons. The third-order valence-corrected chi connectivity index (χ3v) is 9.82. The molecule has 10 rings (SSSR count). The quantitative estimate of drug-likeness (QED) is 0.184. The zero-order chi connectivity index (χ0) is 34.6. The van der Waals surface area contributed by atoms with Crippen molar-refractivity contribution < 1.29 is 0 Å². The Balaban J connectivity index is 1.19. The van der Waals surface area contributed by atoms with Gasteiger partial charge in [0, 0.05) is 49.6 Å². The van der Waals surface area contributed by atoms with Crippen molar-refractivity contribution >= 4 is 43.6 Å². The lowest BCUT2D eigenvalue weighted by Crippen LogP contribution is -2.01. The van der Waals surface area contributed by atoms with Crippen LogP contribution in [-0.4, -0.2) is 24.1 Å². The first-order valence-corrected chi connectivity index (χ1v) is 17.2. The van der Waals surface area contributed by atoms with Crippen LogP contribution in [0.15, 0.2) is 170 Å². The van der Waals surface area contributed by atoms with E-state index in [0.717, 1.165) is 33.5 Å². The number of para-hydroxylation sites is 3. The number of rotatable bonds is 5. The number of aromatic nitrogens is 5. The monoisotopic (exact) mass is 664 g/mol. The van der Waals surface area contributed by atoms with E-state index >= 15 is 0 Å². The van der Waals surface area contributed by atoms with Crippen molar-refractivity contribution in [3.05, 3.63) is 175 Å². The molecule has 6 heteroatoms. The van der Waals surface area contributed by atoms with Crippen LogP contribution in [0.2, 0.25) is 0 Å². The molecule has 0 saturated carbocycles. The molecular weight excluding hydrogens is 637 g/mol. The van der Waals surface area contributed by atoms with E-state index in [0.29, 0.717) is 28.6 Å². The fraction of sp³-hybridized carbons (Fsp3) is 0. The first kappa shape index (κ1) is 29.5. The minimum Gasteiger partial charge on any atom is -0.309 e. The number of hydrogen-bond donors (Lipinski definition) is 0. The van der Waals surface area contributed by atoms with Crippen molar-refractivity contribution in [2.75, 3.05) is 0 Å². The number of fused-ring (bicyclic) bond motifs is 7. The summed E-state index contributed by atoms with van der Waals surface area (Å²) in [5.74, 6) is 1.56. The topological polar surface area (TPSA) is 72.3 Å². The van der Waals surface area contributed by atoms with Gasteiger partial charge in [0.05, 0.1) is 33.7 Å². The zero-order valence-electron chi connectivity index (χ0n) is 27.8. The first-order chi connectivity index (χ1) is 25.8. The Bertz CT molecular complexity index is 3010. The number of nitrogens with zero attached hydrogens (tertiary/aromatic N) is 6. The highest BCUT2D eigenvalue weighted by molar-refractivity contribution is 6.26. The third-order valence-electron chi connectivity index (χ3n) is 9.82. The molecule has 0 fully saturated rings. The van der Waals surface area contributed by atoms with Crippen molar-refractivity contribution in [3.8, 4) is 51.6 Å². The Morgan fingerprint density at radius 1 is 0.404 bits per heavy atom. The summed E-state index contributed by atoms with van der Waals surface area (Å²) in [6.07, 6.45) is 0. The van der Waals surface area contributed by atoms with Gasteiger partial charge in [0.25, 0.3) is 0 Å². The van der Waals surface area contributed by atoms with Gasteiger partial charge in [-0.25, -0.2) is 15.0 Å². The summed E-state index contributed by atoms with van der Waals surface area (Å²) in [7, 11) is 0. The van der Waals surface area contributed by atoms with Gasteiger partial charge in [-0.05, 0) is 66.7 Å². The molecule has 6 nitrogen and oxygen atoms in total. The smallest absolute Gasteiger partial charge is 0.165 e. The van der Waals surface area contributed by atoms with Gasteiger partial charge in [-0.1, -0.05) is 103 Å². The Hall–Kier alpha value is -7.36. The molecule has 0 aliphatic carbocycles. The predicted octanol–water partition coefficient (Wildman–Crippen LogP) is 10.9. The minimum atomic E-state index is 0.463. The Labute approximate surface area is 299 Å². The molecule has 3 aromatic heterocycles. The van der Waals surface area contributed by atoms with Crippen molar-refractivity contribution in [3.63, 3.8) is 0 Å². The van der Waals surface area contributed by atoms with Gasteiger partial charge in [-0.3, -0.25) is 0 Å². The standard InChI is InChI=1S/C46H28N6/c47-29-32-15-7-8-18-35(32)46-49-44(30-13-3-1-4-14-30)48-45(50-46)31-23-25-34(26-24-31)52-39-21-11-9-19-36(39)37-27-28-41-42(43(37)52)38-20-10-12-22-40(38)51(41)33-16-5-2-6-17-33/h1-28H. The van der Waals surface area contributed by atoms with Gasteiger partial charge in [0.2, 0.25) is 0 Å². The number of benzene rings is 7. The van der Waals surface area contributed by atoms with E-state index in [4.69, 9.17) is 15.0 Å². The molecule has 0 aliphatic rings. The molecule has 3 heterocycles. The molecule has 7 aromatic carbocycles. The second kappa shape index (κ2) is 11.9. The van der Waals surface area contributed by atoms with Crippen molar-refractivity contribution in [1.82, 2.24) is 24.1 Å². The summed E-state index contributed by atoms with van der Waals surface area (Å²) >= 11 is 0. The van der Waals surface area contributed by atoms with E-state index in [2.05, 4.69) is 130 Å². The summed E-state index contributed by atoms with van der Waals surface area (Å²) in [5, 5.41) is 14.7. The molecule has 0 spiro atoms. The Morgan fingerprint density at radius 3 is 1.69 bits per heavy atom. The summed E-state index contributed by atoms with van der Waals surface area (Å²) in [6, 6.07) is 60.4. The van der Waals surface area contributed by atoms with E-state index in [-0.39, 0.29) is 0 Å². The molecule has 0 N–H and O–H groups in total. The normalized spacial score (nSPS) is 11.4. The van der Waals surface area contributed by atoms with Crippen molar-refractivity contribution in [1.29, 1.82) is 5.26 Å². The molecule has 0 amide bonds. The highest BCUT2D eigenvalue weighted by Crippen LogP contribution is 2.42. The van der Waals surface area contributed by atoms with Crippen LogP contribution in [0.1, 0.15) is 5.56 Å². The van der Waals surface area contributed by atoms with Crippen LogP contribution in [0.25, 0.3) is 89.2 Å². The third kappa shape index (κ3) is 4.61. The molecule has 0 unspecified atom stereocenters. The van der Waals surface area contributed by atoms with Crippen LogP contribution < -0.4 is 0 Å². The SMILES string of the molecule is N#Cc1ccccc1-c1nc(-c2ccccc2)nc(-c2ccc(-n3c4ccccc4c4ccc5c(c6ccccc6n5-c5ccccc5)c43)cc2)n1. The highest BCUT2D eigenvalue weighted by atomic mass is 15.0. The average molecular weight is 665 g/mol. The van der Waals surface area contributed by atoms with Gasteiger partial charge in [0.15, 0.2) is 17.5 Å². The lowest BCUT2D eigenvalue weighted by molar-refractivity contribution is 1.07. The van der Waals surface area contributed by atoms with E-state index in [1.807, 2.05) is 48.5 Å². The maximum atomic E-state index is 9.88. The number of nitriles is 1. The lowest BCUT2D eigenvalue weighted by Gasteiger charge is -2.12. The summed E-state index contributed by atoms with van der Waals surface area (Å²) in [4.78, 5) is 14.7. The van der Waals surface area contributed by atoms with E-state index < -0.39 is 0 Å². The van der Waals surface area contributed by atoms with Crippen molar-refractivity contribution in [2.24, 2.45) is 0 Å². The largest absolute Gasteiger partial charge is 0.309 e. The second-order valence-corrected chi connectivity index (χ2v) is 12.8. The van der Waals surface area contributed by atoms with Gasteiger partial charge in [-0.2, -0.15) is 5.26 Å². The van der Waals surface area contributed by atoms with E-state index in [1.54, 1.807) is 6.07 Å². The van der Waals surface area contributed by atoms with Gasteiger partial charge in [0.1, 0.15) is 0 Å². The predicted molar refractivity (Wildman–Crippen MR) is 210 cm³/mol.